The maximum absolute atomic E-state index is 12.0. The largest absolute Gasteiger partial charge is 0.342 e. The van der Waals surface area contributed by atoms with Gasteiger partial charge in [0.25, 0.3) is 0 Å². The molecule has 0 heterocycles. The van der Waals surface area contributed by atoms with Gasteiger partial charge >= 0.3 is 0 Å². The van der Waals surface area contributed by atoms with Crippen molar-refractivity contribution in [1.29, 1.82) is 0 Å². The summed E-state index contributed by atoms with van der Waals surface area (Å²) in [5.74, 6) is 0.812. The Morgan fingerprint density at radius 3 is 2.00 bits per heavy atom. The van der Waals surface area contributed by atoms with Crippen LogP contribution >= 0.6 is 0 Å². The quantitative estimate of drug-likeness (QED) is 0.725. The lowest BCUT2D eigenvalue weighted by Gasteiger charge is -2.28. The Kier molecular flexibility index (Phi) is 7.39. The molecule has 0 bridgehead atoms. The minimum atomic E-state index is -0.0797. The van der Waals surface area contributed by atoms with Gasteiger partial charge in [0, 0.05) is 19.1 Å². The van der Waals surface area contributed by atoms with Crippen molar-refractivity contribution in [2.45, 2.75) is 60.0 Å². The first-order chi connectivity index (χ1) is 7.47. The average Bonchev–Trinajstić information content (AvgIpc) is 2.29. The summed E-state index contributed by atoms with van der Waals surface area (Å²) in [6.45, 7) is 14.1. The number of hydrogen-bond donors (Lipinski definition) is 1. The molecule has 3 nitrogen and oxygen atoms in total. The van der Waals surface area contributed by atoms with E-state index in [2.05, 4.69) is 26.1 Å². The fourth-order valence-electron chi connectivity index (χ4n) is 1.79. The number of carbonyl (C=O) groups is 1. The van der Waals surface area contributed by atoms with E-state index in [4.69, 9.17) is 0 Å². The van der Waals surface area contributed by atoms with Crippen molar-refractivity contribution in [1.82, 2.24) is 10.2 Å². The second kappa shape index (κ2) is 7.66. The topological polar surface area (TPSA) is 32.3 Å². The molecule has 0 rings (SSSR count). The summed E-state index contributed by atoms with van der Waals surface area (Å²) in [4.78, 5) is 13.9. The van der Waals surface area contributed by atoms with Gasteiger partial charge in [-0.1, -0.05) is 20.3 Å². The Labute approximate surface area is 101 Å². The summed E-state index contributed by atoms with van der Waals surface area (Å²) in [6, 6.07) is 0.309. The van der Waals surface area contributed by atoms with E-state index in [1.54, 1.807) is 0 Å². The molecule has 0 aliphatic rings. The molecule has 0 saturated carbocycles. The predicted octanol–water partition coefficient (Wildman–Crippen LogP) is 2.27. The Balaban J connectivity index is 4.23. The summed E-state index contributed by atoms with van der Waals surface area (Å²) in [5, 5.41) is 3.39. The number of nitrogens with one attached hydrogen (secondary N) is 1. The second-order valence-corrected chi connectivity index (χ2v) is 4.57. The van der Waals surface area contributed by atoms with Crippen molar-refractivity contribution in [2.24, 2.45) is 5.92 Å². The van der Waals surface area contributed by atoms with Gasteiger partial charge in [-0.15, -0.1) is 0 Å². The van der Waals surface area contributed by atoms with Crippen LogP contribution in [0.2, 0.25) is 0 Å². The van der Waals surface area contributed by atoms with E-state index in [9.17, 15) is 4.79 Å². The van der Waals surface area contributed by atoms with Crippen LogP contribution in [0.15, 0.2) is 0 Å². The van der Waals surface area contributed by atoms with Crippen molar-refractivity contribution >= 4 is 5.91 Å². The molecular formula is C13H28N2O. The molecule has 3 unspecified atom stereocenters. The molecule has 0 fully saturated rings. The Bertz CT molecular complexity index is 202. The highest BCUT2D eigenvalue weighted by Crippen LogP contribution is 2.08. The number of hydrogen-bond acceptors (Lipinski definition) is 2. The van der Waals surface area contributed by atoms with Gasteiger partial charge in [0.15, 0.2) is 0 Å². The SMILES string of the molecule is CCC(C)C(C)NC(C)C(=O)N(CC)CC. The third-order valence-electron chi connectivity index (χ3n) is 3.46. The molecule has 1 N–H and O–H groups in total. The summed E-state index contributed by atoms with van der Waals surface area (Å²) in [6.07, 6.45) is 1.14. The van der Waals surface area contributed by atoms with Crippen LogP contribution in [0.1, 0.15) is 48.0 Å². The summed E-state index contributed by atoms with van der Waals surface area (Å²) >= 11 is 0. The molecule has 0 aliphatic heterocycles. The highest BCUT2D eigenvalue weighted by molar-refractivity contribution is 5.81. The molecule has 96 valence electrons. The molecule has 3 heteroatoms. The van der Waals surface area contributed by atoms with Gasteiger partial charge in [-0.25, -0.2) is 0 Å². The summed E-state index contributed by atoms with van der Waals surface area (Å²) < 4.78 is 0. The molecule has 0 aromatic heterocycles. The molecule has 0 saturated heterocycles. The lowest BCUT2D eigenvalue weighted by Crippen LogP contribution is -2.49. The lowest BCUT2D eigenvalue weighted by atomic mass is 10.00. The minimum Gasteiger partial charge on any atom is -0.342 e. The molecule has 0 spiro atoms. The standard InChI is InChI=1S/C13H28N2O/c1-7-10(4)11(5)14-12(6)13(16)15(8-2)9-3/h10-12,14H,7-9H2,1-6H3. The zero-order chi connectivity index (χ0) is 12.7. The Morgan fingerprint density at radius 2 is 1.62 bits per heavy atom. The first-order valence-electron chi connectivity index (χ1n) is 6.52. The van der Waals surface area contributed by atoms with Crippen molar-refractivity contribution in [2.75, 3.05) is 13.1 Å². The third kappa shape index (κ3) is 4.52. The number of carbonyl (C=O) groups excluding carboxylic acids is 1. The third-order valence-corrected chi connectivity index (χ3v) is 3.46. The van der Waals surface area contributed by atoms with E-state index >= 15 is 0 Å². The van der Waals surface area contributed by atoms with Crippen LogP contribution < -0.4 is 5.32 Å². The van der Waals surface area contributed by atoms with Crippen LogP contribution in [0.3, 0.4) is 0 Å². The molecule has 3 atom stereocenters. The Morgan fingerprint density at radius 1 is 1.12 bits per heavy atom. The van der Waals surface area contributed by atoms with Crippen molar-refractivity contribution in [3.63, 3.8) is 0 Å². The molecular weight excluding hydrogens is 200 g/mol. The number of nitrogens with zero attached hydrogens (tertiary/aromatic N) is 1. The number of likely N-dealkylation sites (N-methyl/N-ethyl adjacent to an activating group) is 1. The fourth-order valence-corrected chi connectivity index (χ4v) is 1.79. The van der Waals surface area contributed by atoms with Gasteiger partial charge in [-0.3, -0.25) is 4.79 Å². The van der Waals surface area contributed by atoms with E-state index in [1.807, 2.05) is 25.7 Å². The van der Waals surface area contributed by atoms with Crippen LogP contribution in [0.4, 0.5) is 0 Å². The normalized spacial score (nSPS) is 16.6. The van der Waals surface area contributed by atoms with E-state index in [-0.39, 0.29) is 11.9 Å². The van der Waals surface area contributed by atoms with Gasteiger partial charge < -0.3 is 10.2 Å². The highest BCUT2D eigenvalue weighted by Gasteiger charge is 2.21. The zero-order valence-electron chi connectivity index (χ0n) is 11.7. The maximum atomic E-state index is 12.0. The van der Waals surface area contributed by atoms with Crippen LogP contribution in [-0.2, 0) is 4.79 Å². The van der Waals surface area contributed by atoms with Crippen LogP contribution in [0.5, 0.6) is 0 Å². The molecule has 0 radical (unpaired) electrons. The summed E-state index contributed by atoms with van der Waals surface area (Å²) in [5.41, 5.74) is 0. The van der Waals surface area contributed by atoms with E-state index in [0.29, 0.717) is 12.0 Å². The van der Waals surface area contributed by atoms with Gasteiger partial charge in [0.2, 0.25) is 5.91 Å². The highest BCUT2D eigenvalue weighted by atomic mass is 16.2. The minimum absolute atomic E-state index is 0.0797. The van der Waals surface area contributed by atoms with E-state index < -0.39 is 0 Å². The van der Waals surface area contributed by atoms with Crippen molar-refractivity contribution in [3.05, 3.63) is 0 Å². The molecule has 0 aromatic rings. The van der Waals surface area contributed by atoms with Gasteiger partial charge in [0.1, 0.15) is 0 Å². The van der Waals surface area contributed by atoms with Crippen molar-refractivity contribution < 1.29 is 4.79 Å². The van der Waals surface area contributed by atoms with Gasteiger partial charge in [0.05, 0.1) is 6.04 Å². The smallest absolute Gasteiger partial charge is 0.239 e. The monoisotopic (exact) mass is 228 g/mol. The maximum Gasteiger partial charge on any atom is 0.239 e. The summed E-state index contributed by atoms with van der Waals surface area (Å²) in [7, 11) is 0. The zero-order valence-corrected chi connectivity index (χ0v) is 11.7. The van der Waals surface area contributed by atoms with Gasteiger partial charge in [-0.2, -0.15) is 0 Å². The lowest BCUT2D eigenvalue weighted by molar-refractivity contribution is -0.132. The van der Waals surface area contributed by atoms with E-state index in [1.165, 1.54) is 0 Å². The number of rotatable bonds is 7. The van der Waals surface area contributed by atoms with Crippen LogP contribution in [0.25, 0.3) is 0 Å². The number of amides is 1. The second-order valence-electron chi connectivity index (χ2n) is 4.57. The molecule has 0 aromatic carbocycles. The first kappa shape index (κ1) is 15.4. The van der Waals surface area contributed by atoms with Crippen LogP contribution in [0, 0.1) is 5.92 Å². The Hall–Kier alpha value is -0.570. The predicted molar refractivity (Wildman–Crippen MR) is 69.4 cm³/mol. The van der Waals surface area contributed by atoms with Crippen LogP contribution in [-0.4, -0.2) is 36.0 Å². The molecule has 16 heavy (non-hydrogen) atoms. The van der Waals surface area contributed by atoms with Gasteiger partial charge in [-0.05, 0) is 33.6 Å². The molecule has 1 amide bonds. The molecule has 0 aliphatic carbocycles. The van der Waals surface area contributed by atoms with E-state index in [0.717, 1.165) is 19.5 Å². The fraction of sp³-hybridized carbons (Fsp3) is 0.923. The van der Waals surface area contributed by atoms with Crippen molar-refractivity contribution in [3.8, 4) is 0 Å². The average molecular weight is 228 g/mol. The first-order valence-corrected chi connectivity index (χ1v) is 6.52.